The lowest BCUT2D eigenvalue weighted by Gasteiger charge is -2.16. The zero-order valence-electron chi connectivity index (χ0n) is 10.1. The number of nitrogens with two attached hydrogens (primary N) is 1. The summed E-state index contributed by atoms with van der Waals surface area (Å²) in [6.07, 6.45) is 2.97. The molecule has 0 amide bonds. The standard InChI is InChI=1S/C11H15N4O2P/c1-11(12,5-18)10-14-13-9(16-10)7-4-8(17-15-7)6-2-3-6/h4,6H,2-3,5,12,18H2,1H3/t11-/m1/s1. The zero-order valence-corrected chi connectivity index (χ0v) is 11.2. The van der Waals surface area contributed by atoms with Gasteiger partial charge in [-0.25, -0.2) is 0 Å². The smallest absolute Gasteiger partial charge is 0.269 e. The van der Waals surface area contributed by atoms with Crippen LogP contribution in [0.1, 0.15) is 37.3 Å². The summed E-state index contributed by atoms with van der Waals surface area (Å²) in [6, 6.07) is 1.86. The van der Waals surface area contributed by atoms with Gasteiger partial charge >= 0.3 is 0 Å². The van der Waals surface area contributed by atoms with E-state index in [0.717, 1.165) is 18.6 Å². The summed E-state index contributed by atoms with van der Waals surface area (Å²) in [4.78, 5) is 0. The molecule has 18 heavy (non-hydrogen) atoms. The van der Waals surface area contributed by atoms with Crippen LogP contribution in [0.2, 0.25) is 0 Å². The molecule has 7 heteroatoms. The fraction of sp³-hybridized carbons (Fsp3) is 0.545. The van der Waals surface area contributed by atoms with Crippen molar-refractivity contribution in [2.75, 3.05) is 6.16 Å². The molecule has 0 bridgehead atoms. The first-order valence-electron chi connectivity index (χ1n) is 5.90. The number of hydrogen-bond donors (Lipinski definition) is 1. The van der Waals surface area contributed by atoms with Crippen LogP contribution in [0.15, 0.2) is 15.0 Å². The molecule has 3 rings (SSSR count). The quantitative estimate of drug-likeness (QED) is 0.846. The lowest BCUT2D eigenvalue weighted by molar-refractivity contribution is 0.374. The van der Waals surface area contributed by atoms with E-state index in [1.165, 1.54) is 0 Å². The summed E-state index contributed by atoms with van der Waals surface area (Å²) in [5, 5.41) is 11.9. The van der Waals surface area contributed by atoms with Gasteiger partial charge < -0.3 is 14.7 Å². The van der Waals surface area contributed by atoms with Gasteiger partial charge in [0.1, 0.15) is 5.76 Å². The lowest BCUT2D eigenvalue weighted by Crippen LogP contribution is -2.35. The van der Waals surface area contributed by atoms with Gasteiger partial charge in [-0.3, -0.25) is 0 Å². The molecule has 1 unspecified atom stereocenters. The van der Waals surface area contributed by atoms with Crippen molar-refractivity contribution in [2.24, 2.45) is 5.73 Å². The van der Waals surface area contributed by atoms with E-state index in [0.29, 0.717) is 29.6 Å². The maximum absolute atomic E-state index is 6.03. The molecule has 2 heterocycles. The van der Waals surface area contributed by atoms with Crippen LogP contribution in [0.5, 0.6) is 0 Å². The molecule has 96 valence electrons. The second-order valence-corrected chi connectivity index (χ2v) is 5.33. The number of nitrogens with zero attached hydrogens (tertiary/aromatic N) is 3. The van der Waals surface area contributed by atoms with Crippen LogP contribution >= 0.6 is 9.24 Å². The van der Waals surface area contributed by atoms with Crippen molar-refractivity contribution in [2.45, 2.75) is 31.2 Å². The summed E-state index contributed by atoms with van der Waals surface area (Å²) < 4.78 is 10.8. The Bertz CT molecular complexity index is 559. The Hall–Kier alpha value is -1.26. The van der Waals surface area contributed by atoms with Crippen LogP contribution in [-0.4, -0.2) is 21.5 Å². The average molecular weight is 266 g/mol. The van der Waals surface area contributed by atoms with Gasteiger partial charge in [0.05, 0.1) is 5.54 Å². The van der Waals surface area contributed by atoms with Crippen molar-refractivity contribution in [1.29, 1.82) is 0 Å². The minimum atomic E-state index is -0.640. The first kappa shape index (κ1) is 11.8. The Balaban J connectivity index is 1.87. The molecule has 2 aromatic heterocycles. The molecule has 1 saturated carbocycles. The SMILES string of the molecule is C[C@@](N)(CP)c1nnc(-c2cc(C3CC3)on2)o1. The molecule has 2 N–H and O–H groups in total. The minimum Gasteiger partial charge on any atom is -0.417 e. The summed E-state index contributed by atoms with van der Waals surface area (Å²) >= 11 is 0. The van der Waals surface area contributed by atoms with E-state index in [2.05, 4.69) is 24.6 Å². The molecule has 2 atom stereocenters. The van der Waals surface area contributed by atoms with Crippen molar-refractivity contribution in [3.8, 4) is 11.6 Å². The summed E-state index contributed by atoms with van der Waals surface area (Å²) in [5.41, 5.74) is 5.97. The highest BCUT2D eigenvalue weighted by Gasteiger charge is 2.30. The Morgan fingerprint density at radius 1 is 1.50 bits per heavy atom. The normalized spacial score (nSPS) is 18.8. The van der Waals surface area contributed by atoms with Gasteiger partial charge in [0.2, 0.25) is 5.89 Å². The summed E-state index contributed by atoms with van der Waals surface area (Å²) in [6.45, 7) is 1.84. The van der Waals surface area contributed by atoms with Crippen molar-refractivity contribution in [3.63, 3.8) is 0 Å². The fourth-order valence-electron chi connectivity index (χ4n) is 1.60. The molecule has 0 aliphatic heterocycles. The molecule has 0 aromatic carbocycles. The average Bonchev–Trinajstić information content (AvgIpc) is 2.92. The van der Waals surface area contributed by atoms with Gasteiger partial charge in [0, 0.05) is 12.0 Å². The minimum absolute atomic E-state index is 0.357. The molecule has 0 radical (unpaired) electrons. The third-order valence-electron chi connectivity index (χ3n) is 3.06. The Morgan fingerprint density at radius 3 is 2.94 bits per heavy atom. The summed E-state index contributed by atoms with van der Waals surface area (Å²) in [7, 11) is 2.57. The second kappa shape index (κ2) is 4.14. The topological polar surface area (TPSA) is 91.0 Å². The molecule has 0 spiro atoms. The second-order valence-electron chi connectivity index (χ2n) is 4.92. The predicted octanol–water partition coefficient (Wildman–Crippen LogP) is 1.65. The van der Waals surface area contributed by atoms with E-state index in [1.54, 1.807) is 0 Å². The van der Waals surface area contributed by atoms with Crippen molar-refractivity contribution in [1.82, 2.24) is 15.4 Å². The molecule has 6 nitrogen and oxygen atoms in total. The van der Waals surface area contributed by atoms with E-state index in [4.69, 9.17) is 14.7 Å². The van der Waals surface area contributed by atoms with Crippen LogP contribution in [0.4, 0.5) is 0 Å². The third-order valence-corrected chi connectivity index (χ3v) is 3.91. The van der Waals surface area contributed by atoms with E-state index in [-0.39, 0.29) is 0 Å². The van der Waals surface area contributed by atoms with Crippen LogP contribution in [0.25, 0.3) is 11.6 Å². The van der Waals surface area contributed by atoms with E-state index in [1.807, 2.05) is 13.0 Å². The first-order chi connectivity index (χ1) is 8.60. The van der Waals surface area contributed by atoms with Crippen molar-refractivity contribution in [3.05, 3.63) is 17.7 Å². The van der Waals surface area contributed by atoms with Crippen LogP contribution in [-0.2, 0) is 5.54 Å². The van der Waals surface area contributed by atoms with Crippen LogP contribution in [0.3, 0.4) is 0 Å². The number of rotatable bonds is 4. The molecule has 0 saturated heterocycles. The Kier molecular flexibility index (Phi) is 2.72. The highest BCUT2D eigenvalue weighted by Crippen LogP contribution is 2.41. The van der Waals surface area contributed by atoms with Gasteiger partial charge in [-0.1, -0.05) is 5.16 Å². The molecular formula is C11H15N4O2P. The molecular weight excluding hydrogens is 251 g/mol. The highest BCUT2D eigenvalue weighted by molar-refractivity contribution is 7.16. The Labute approximate surface area is 107 Å². The maximum atomic E-state index is 6.03. The van der Waals surface area contributed by atoms with Gasteiger partial charge in [-0.05, 0) is 25.9 Å². The van der Waals surface area contributed by atoms with Gasteiger partial charge in [0.25, 0.3) is 5.89 Å². The largest absolute Gasteiger partial charge is 0.417 e. The molecule has 1 aliphatic carbocycles. The monoisotopic (exact) mass is 266 g/mol. The Morgan fingerprint density at radius 2 is 2.28 bits per heavy atom. The van der Waals surface area contributed by atoms with Crippen molar-refractivity contribution >= 4 is 9.24 Å². The summed E-state index contributed by atoms with van der Waals surface area (Å²) in [5.74, 6) is 2.17. The number of hydrogen-bond acceptors (Lipinski definition) is 6. The maximum Gasteiger partial charge on any atom is 0.269 e. The van der Waals surface area contributed by atoms with E-state index < -0.39 is 5.54 Å². The van der Waals surface area contributed by atoms with Crippen molar-refractivity contribution < 1.29 is 8.94 Å². The van der Waals surface area contributed by atoms with Crippen LogP contribution in [0, 0.1) is 0 Å². The molecule has 1 aliphatic rings. The van der Waals surface area contributed by atoms with E-state index in [9.17, 15) is 0 Å². The highest BCUT2D eigenvalue weighted by atomic mass is 31.0. The van der Waals surface area contributed by atoms with Gasteiger partial charge in [-0.15, -0.1) is 19.4 Å². The third kappa shape index (κ3) is 2.06. The van der Waals surface area contributed by atoms with Crippen LogP contribution < -0.4 is 5.73 Å². The molecule has 2 aromatic rings. The first-order valence-corrected chi connectivity index (χ1v) is 6.72. The fourth-order valence-corrected chi connectivity index (χ4v) is 1.77. The predicted molar refractivity (Wildman–Crippen MR) is 67.9 cm³/mol. The van der Waals surface area contributed by atoms with Gasteiger partial charge in [-0.2, -0.15) is 0 Å². The van der Waals surface area contributed by atoms with E-state index >= 15 is 0 Å². The van der Waals surface area contributed by atoms with Gasteiger partial charge in [0.15, 0.2) is 5.69 Å². The molecule has 1 fully saturated rings. The lowest BCUT2D eigenvalue weighted by atomic mass is 10.1. The zero-order chi connectivity index (χ0) is 12.8. The number of aromatic nitrogens is 3.